The van der Waals surface area contributed by atoms with Crippen LogP contribution in [0, 0.1) is 0 Å². The number of ether oxygens (including phenoxy) is 2. The summed E-state index contributed by atoms with van der Waals surface area (Å²) in [6.45, 7) is 6.96. The number of likely N-dealkylation sites (N-methyl/N-ethyl adjacent to an activating group) is 1. The van der Waals surface area contributed by atoms with Crippen LogP contribution in [0.2, 0.25) is 0 Å². The molecule has 4 N–H and O–H groups in total. The molecule has 4 rings (SSSR count). The van der Waals surface area contributed by atoms with Crippen LogP contribution in [-0.2, 0) is 38.4 Å². The zero-order valence-electron chi connectivity index (χ0n) is 25.9. The fourth-order valence-electron chi connectivity index (χ4n) is 5.65. The monoisotopic (exact) mass is 676 g/mol. The van der Waals surface area contributed by atoms with Crippen LogP contribution in [0.25, 0.3) is 0 Å². The number of nitrogens with one attached hydrogen (secondary N) is 3. The minimum atomic E-state index is -1.75. The van der Waals surface area contributed by atoms with Gasteiger partial charge in [-0.15, -0.1) is 11.8 Å². The second-order valence-corrected chi connectivity index (χ2v) is 13.1. The summed E-state index contributed by atoms with van der Waals surface area (Å²) >= 11 is 0.923. The number of esters is 2. The third kappa shape index (κ3) is 6.29. The molecule has 0 bridgehead atoms. The van der Waals surface area contributed by atoms with E-state index in [9.17, 15) is 48.3 Å². The maximum absolute atomic E-state index is 14.0. The van der Waals surface area contributed by atoms with Crippen LogP contribution >= 0.6 is 11.8 Å². The van der Waals surface area contributed by atoms with Gasteiger partial charge in [0.15, 0.2) is 22.5 Å². The molecule has 0 saturated carbocycles. The van der Waals surface area contributed by atoms with Crippen LogP contribution in [-0.4, -0.2) is 115 Å². The Bertz CT molecular complexity index is 1580. The van der Waals surface area contributed by atoms with Crippen molar-refractivity contribution in [2.45, 2.75) is 62.5 Å². The van der Waals surface area contributed by atoms with E-state index in [1.165, 1.54) is 17.0 Å². The number of thioether (sulfide) groups is 1. The Morgan fingerprint density at radius 3 is 2.26 bits per heavy atom. The summed E-state index contributed by atoms with van der Waals surface area (Å²) in [6, 6.07) is -2.27. The number of nitrogens with zero attached hydrogens (tertiary/aromatic N) is 3. The Labute approximate surface area is 271 Å². The third-order valence-corrected chi connectivity index (χ3v) is 9.24. The van der Waals surface area contributed by atoms with Crippen molar-refractivity contribution in [2.24, 2.45) is 0 Å². The van der Waals surface area contributed by atoms with Crippen molar-refractivity contribution in [1.29, 1.82) is 0 Å². The summed E-state index contributed by atoms with van der Waals surface area (Å²) in [6.07, 6.45) is 0.253. The van der Waals surface area contributed by atoms with Crippen LogP contribution in [0.5, 0.6) is 11.5 Å². The van der Waals surface area contributed by atoms with Crippen LogP contribution < -0.4 is 25.4 Å². The molecule has 1 aromatic rings. The largest absolute Gasteiger partial charge is 0.480 e. The Morgan fingerprint density at radius 1 is 1.04 bits per heavy atom. The predicted molar refractivity (Wildman–Crippen MR) is 158 cm³/mol. The van der Waals surface area contributed by atoms with Crippen molar-refractivity contribution in [2.75, 3.05) is 19.6 Å². The van der Waals surface area contributed by atoms with Crippen LogP contribution in [0.15, 0.2) is 18.2 Å². The lowest BCUT2D eigenvalue weighted by Crippen LogP contribution is -2.82. The molecule has 18 nitrogen and oxygen atoms in total. The van der Waals surface area contributed by atoms with E-state index in [0.717, 1.165) is 36.6 Å². The molecule has 3 fully saturated rings. The average Bonchev–Trinajstić information content (AvgIpc) is 3.20. The topological polar surface area (TPSA) is 238 Å². The summed E-state index contributed by atoms with van der Waals surface area (Å²) in [5.41, 5.74) is -0.0854. The Morgan fingerprint density at radius 2 is 1.68 bits per heavy atom. The van der Waals surface area contributed by atoms with Gasteiger partial charge in [-0.25, -0.2) is 9.59 Å². The standard InChI is InChI=1S/C28H32N6O12S/c1-6-32-9-10-33(24(41)23(32)40)26(44)30-18(15-7-8-16(45-13(2)36)17(11-15)46-14(3)37)21(38)31-19-22(39)34-20(25(42)43)27(4,5)47-28(19,34)29-12-35/h7-8,11-12,18-20H,6,9-10H2,1-5H3,(H,29,35)(H,30,44)(H,31,38)(H,42,43)/t18?,19-,20-,28?/m0/s1. The number of carbonyl (C=O) groups excluding carboxylic acids is 8. The number of aliphatic carboxylic acids is 1. The minimum absolute atomic E-state index is 0.0308. The lowest BCUT2D eigenvalue weighted by molar-refractivity contribution is -0.171. The highest BCUT2D eigenvalue weighted by Gasteiger charge is 2.74. The number of imide groups is 1. The van der Waals surface area contributed by atoms with Gasteiger partial charge in [0.25, 0.3) is 5.91 Å². The summed E-state index contributed by atoms with van der Waals surface area (Å²) in [7, 11) is 0. The zero-order chi connectivity index (χ0) is 35.0. The predicted octanol–water partition coefficient (Wildman–Crippen LogP) is -1.32. The first kappa shape index (κ1) is 34.7. The molecule has 3 saturated heterocycles. The van der Waals surface area contributed by atoms with E-state index in [1.54, 1.807) is 20.8 Å². The first-order valence-electron chi connectivity index (χ1n) is 14.2. The molecule has 19 heteroatoms. The maximum Gasteiger partial charge on any atom is 0.327 e. The highest BCUT2D eigenvalue weighted by Crippen LogP contribution is 2.57. The van der Waals surface area contributed by atoms with Crippen molar-refractivity contribution in [1.82, 2.24) is 30.7 Å². The number of carboxylic acid groups (broad SMARTS) is 1. The smallest absolute Gasteiger partial charge is 0.327 e. The van der Waals surface area contributed by atoms with Gasteiger partial charge in [0.1, 0.15) is 12.1 Å². The number of benzene rings is 1. The number of rotatable bonds is 10. The number of carboxylic acids is 1. The Balaban J connectivity index is 1.72. The van der Waals surface area contributed by atoms with E-state index in [2.05, 4.69) is 16.0 Å². The molecule has 0 aliphatic carbocycles. The van der Waals surface area contributed by atoms with Crippen molar-refractivity contribution in [3.8, 4) is 11.5 Å². The zero-order valence-corrected chi connectivity index (χ0v) is 26.7. The van der Waals surface area contributed by atoms with Gasteiger partial charge in [-0.1, -0.05) is 6.07 Å². The van der Waals surface area contributed by atoms with E-state index in [0.29, 0.717) is 4.90 Å². The van der Waals surface area contributed by atoms with Crippen molar-refractivity contribution >= 4 is 65.7 Å². The van der Waals surface area contributed by atoms with Gasteiger partial charge >= 0.3 is 35.8 Å². The fraction of sp³-hybridized carbons (Fsp3) is 0.464. The van der Waals surface area contributed by atoms with Crippen LogP contribution in [0.4, 0.5) is 4.79 Å². The number of hydrogen-bond donors (Lipinski definition) is 4. The molecule has 3 aliphatic heterocycles. The number of β-lactam (4-membered cyclic amide) rings is 1. The molecule has 3 aliphatic rings. The highest BCUT2D eigenvalue weighted by molar-refractivity contribution is 8.02. The average molecular weight is 677 g/mol. The molecule has 4 atom stereocenters. The molecule has 3 heterocycles. The van der Waals surface area contributed by atoms with E-state index >= 15 is 0 Å². The molecular weight excluding hydrogens is 644 g/mol. The molecular formula is C28H32N6O12S. The molecule has 1 aromatic carbocycles. The second kappa shape index (κ2) is 12.9. The quantitative estimate of drug-likeness (QED) is 0.0741. The fourth-order valence-corrected chi connectivity index (χ4v) is 7.45. The highest BCUT2D eigenvalue weighted by atomic mass is 32.2. The Kier molecular flexibility index (Phi) is 9.51. The lowest BCUT2D eigenvalue weighted by atomic mass is 9.92. The molecule has 0 spiro atoms. The first-order chi connectivity index (χ1) is 22.0. The number of urea groups is 1. The minimum Gasteiger partial charge on any atom is -0.480 e. The number of hydrogen-bond acceptors (Lipinski definition) is 12. The van der Waals surface area contributed by atoms with E-state index in [4.69, 9.17) is 9.47 Å². The van der Waals surface area contributed by atoms with Crippen LogP contribution in [0.3, 0.4) is 0 Å². The summed E-state index contributed by atoms with van der Waals surface area (Å²) in [5, 5.41) is 17.1. The summed E-state index contributed by atoms with van der Waals surface area (Å²) in [4.78, 5) is 114. The van der Waals surface area contributed by atoms with E-state index in [1.807, 2.05) is 0 Å². The molecule has 252 valence electrons. The van der Waals surface area contributed by atoms with E-state index in [-0.39, 0.29) is 43.1 Å². The van der Waals surface area contributed by atoms with Gasteiger partial charge < -0.3 is 35.4 Å². The third-order valence-electron chi connectivity index (χ3n) is 7.63. The molecule has 7 amide bonds. The van der Waals surface area contributed by atoms with Crippen molar-refractivity contribution in [3.63, 3.8) is 0 Å². The number of piperazine rings is 1. The molecule has 0 aromatic heterocycles. The molecule has 47 heavy (non-hydrogen) atoms. The van der Waals surface area contributed by atoms with Crippen molar-refractivity contribution in [3.05, 3.63) is 23.8 Å². The van der Waals surface area contributed by atoms with Gasteiger partial charge in [0.05, 0.1) is 0 Å². The first-order valence-corrected chi connectivity index (χ1v) is 15.0. The number of fused-ring (bicyclic) bond motifs is 1. The lowest BCUT2D eigenvalue weighted by Gasteiger charge is -2.52. The van der Waals surface area contributed by atoms with E-state index < -0.39 is 75.4 Å². The number of carbonyl (C=O) groups is 9. The maximum atomic E-state index is 14.0. The SMILES string of the molecule is CCN1CCN(C(=O)NC(C(=O)N[C@H]2C(=O)N3[C@@H](C(=O)O)C(C)(C)SC23NC=O)c2ccc(OC(C)=O)c(OC(C)=O)c2)C(=O)C1=O. The Hall–Kier alpha value is -5.20. The van der Waals surface area contributed by atoms with Gasteiger partial charge in [0.2, 0.25) is 12.3 Å². The van der Waals surface area contributed by atoms with Crippen molar-refractivity contribution < 1.29 is 57.7 Å². The van der Waals surface area contributed by atoms with Gasteiger partial charge in [-0.05, 0) is 38.5 Å². The van der Waals surface area contributed by atoms with Gasteiger partial charge in [0, 0.05) is 38.2 Å². The van der Waals surface area contributed by atoms with Crippen LogP contribution in [0.1, 0.15) is 46.2 Å². The second-order valence-electron chi connectivity index (χ2n) is 11.2. The molecule has 0 radical (unpaired) electrons. The van der Waals surface area contributed by atoms with Gasteiger partial charge in [-0.2, -0.15) is 0 Å². The normalized spacial score (nSPS) is 23.6. The summed E-state index contributed by atoms with van der Waals surface area (Å²) in [5.74, 6) is -7.45. The molecule has 2 unspecified atom stereocenters. The van der Waals surface area contributed by atoms with Gasteiger partial charge in [-0.3, -0.25) is 43.4 Å². The number of amides is 7. The summed E-state index contributed by atoms with van der Waals surface area (Å²) < 4.78 is 9.08.